The number of amides is 2. The highest BCUT2D eigenvalue weighted by atomic mass is 32.1. The van der Waals surface area contributed by atoms with E-state index in [1.54, 1.807) is 20.8 Å². The van der Waals surface area contributed by atoms with Crippen LogP contribution in [0, 0.1) is 0 Å². The molecule has 0 saturated heterocycles. The van der Waals surface area contributed by atoms with Crippen LogP contribution in [0.3, 0.4) is 0 Å². The number of carbonyl (C=O) groups excluding carboxylic acids is 3. The number of rotatable bonds is 1. The van der Waals surface area contributed by atoms with Crippen molar-refractivity contribution in [2.24, 2.45) is 0 Å². The molecular formula is C13H15NO5S. The summed E-state index contributed by atoms with van der Waals surface area (Å²) >= 11 is 1.15. The van der Waals surface area contributed by atoms with Crippen molar-refractivity contribution in [1.29, 1.82) is 0 Å². The van der Waals surface area contributed by atoms with E-state index in [9.17, 15) is 14.4 Å². The van der Waals surface area contributed by atoms with Gasteiger partial charge in [-0.25, -0.2) is 14.5 Å². The van der Waals surface area contributed by atoms with Crippen molar-refractivity contribution in [2.75, 3.05) is 12.0 Å². The van der Waals surface area contributed by atoms with Gasteiger partial charge in [-0.15, -0.1) is 11.3 Å². The second-order valence-electron chi connectivity index (χ2n) is 5.30. The number of ether oxygens (including phenoxy) is 2. The number of imide groups is 1. The summed E-state index contributed by atoms with van der Waals surface area (Å²) in [6.45, 7) is 5.17. The lowest BCUT2D eigenvalue weighted by molar-refractivity contribution is -0.117. The summed E-state index contributed by atoms with van der Waals surface area (Å²) in [5, 5.41) is 0. The highest BCUT2D eigenvalue weighted by Gasteiger charge is 2.37. The third-order valence-electron chi connectivity index (χ3n) is 2.55. The smallest absolute Gasteiger partial charge is 0.421 e. The molecule has 1 aromatic heterocycles. The van der Waals surface area contributed by atoms with E-state index in [0.717, 1.165) is 16.2 Å². The van der Waals surface area contributed by atoms with E-state index >= 15 is 0 Å². The molecule has 7 heteroatoms. The van der Waals surface area contributed by atoms with Crippen molar-refractivity contribution >= 4 is 35.0 Å². The number of thiophene rings is 1. The number of esters is 1. The molecule has 2 amide bonds. The maximum Gasteiger partial charge on any atom is 0.421 e. The van der Waals surface area contributed by atoms with Crippen LogP contribution in [0.4, 0.5) is 10.5 Å². The van der Waals surface area contributed by atoms with Gasteiger partial charge >= 0.3 is 12.1 Å². The van der Waals surface area contributed by atoms with Gasteiger partial charge in [0.1, 0.15) is 10.5 Å². The number of methoxy groups -OCH3 is 1. The van der Waals surface area contributed by atoms with Gasteiger partial charge in [0.05, 0.1) is 19.2 Å². The fourth-order valence-corrected chi connectivity index (χ4v) is 2.85. The predicted octanol–water partition coefficient (Wildman–Crippen LogP) is 2.36. The summed E-state index contributed by atoms with van der Waals surface area (Å²) < 4.78 is 9.83. The molecule has 0 unspecified atom stereocenters. The van der Waals surface area contributed by atoms with Crippen molar-refractivity contribution in [3.8, 4) is 0 Å². The molecule has 1 aliphatic heterocycles. The molecular weight excluding hydrogens is 282 g/mol. The Morgan fingerprint density at radius 1 is 1.35 bits per heavy atom. The number of anilines is 1. The molecule has 1 aliphatic rings. The molecule has 0 atom stereocenters. The molecule has 1 aromatic rings. The molecule has 0 aromatic carbocycles. The van der Waals surface area contributed by atoms with Crippen molar-refractivity contribution < 1.29 is 23.9 Å². The second-order valence-corrected chi connectivity index (χ2v) is 6.43. The first-order chi connectivity index (χ1) is 9.23. The Kier molecular flexibility index (Phi) is 3.56. The summed E-state index contributed by atoms with van der Waals surface area (Å²) in [7, 11) is 1.28. The average Bonchev–Trinajstić information content (AvgIpc) is 2.81. The maximum absolute atomic E-state index is 12.1. The van der Waals surface area contributed by atoms with Crippen LogP contribution in [0.1, 0.15) is 35.3 Å². The summed E-state index contributed by atoms with van der Waals surface area (Å²) in [4.78, 5) is 37.4. The van der Waals surface area contributed by atoms with Crippen LogP contribution in [0.2, 0.25) is 0 Å². The van der Waals surface area contributed by atoms with Crippen molar-refractivity contribution in [1.82, 2.24) is 0 Å². The molecule has 0 bridgehead atoms. The van der Waals surface area contributed by atoms with Crippen molar-refractivity contribution in [3.05, 3.63) is 15.8 Å². The van der Waals surface area contributed by atoms with E-state index in [0.29, 0.717) is 15.4 Å². The van der Waals surface area contributed by atoms with Crippen LogP contribution in [0.25, 0.3) is 0 Å². The summed E-state index contributed by atoms with van der Waals surface area (Å²) in [5.41, 5.74) is -0.281. The monoisotopic (exact) mass is 297 g/mol. The van der Waals surface area contributed by atoms with Gasteiger partial charge in [0.25, 0.3) is 0 Å². The van der Waals surface area contributed by atoms with E-state index < -0.39 is 17.7 Å². The third-order valence-corrected chi connectivity index (χ3v) is 3.66. The first-order valence-electron chi connectivity index (χ1n) is 6.00. The minimum Gasteiger partial charge on any atom is -0.465 e. The minimum absolute atomic E-state index is 0.0935. The molecule has 2 heterocycles. The Hall–Kier alpha value is -1.89. The molecule has 108 valence electrons. The van der Waals surface area contributed by atoms with Gasteiger partial charge in [-0.1, -0.05) is 0 Å². The standard InChI is InChI=1S/C13H15NO5S/c1-13(2,3)19-12(17)14-7-5-9(11(16)18-4)20-8(7)6-10(14)15/h5H,6H2,1-4H3. The largest absolute Gasteiger partial charge is 0.465 e. The fraction of sp³-hybridized carbons (Fsp3) is 0.462. The van der Waals surface area contributed by atoms with E-state index in [4.69, 9.17) is 4.74 Å². The molecule has 0 saturated carbocycles. The lowest BCUT2D eigenvalue weighted by Gasteiger charge is -2.23. The number of carbonyl (C=O) groups is 3. The molecule has 0 spiro atoms. The van der Waals surface area contributed by atoms with Crippen molar-refractivity contribution in [3.63, 3.8) is 0 Å². The second kappa shape index (κ2) is 4.90. The van der Waals surface area contributed by atoms with Gasteiger partial charge in [-0.05, 0) is 26.8 Å². The highest BCUT2D eigenvalue weighted by Crippen LogP contribution is 2.37. The summed E-state index contributed by atoms with van der Waals surface area (Å²) in [6, 6.07) is 1.49. The zero-order chi connectivity index (χ0) is 15.1. The van der Waals surface area contributed by atoms with Crippen molar-refractivity contribution in [2.45, 2.75) is 32.8 Å². The van der Waals surface area contributed by atoms with E-state index in [1.165, 1.54) is 13.2 Å². The Morgan fingerprint density at radius 2 is 2.00 bits per heavy atom. The van der Waals surface area contributed by atoms with Gasteiger partial charge in [-0.3, -0.25) is 4.79 Å². The van der Waals surface area contributed by atoms with E-state index in [2.05, 4.69) is 4.74 Å². The Labute approximate surface area is 120 Å². The quantitative estimate of drug-likeness (QED) is 0.744. The van der Waals surface area contributed by atoms with Crippen LogP contribution in [0.15, 0.2) is 6.07 Å². The number of fused-ring (bicyclic) bond motifs is 1. The van der Waals surface area contributed by atoms with E-state index in [-0.39, 0.29) is 12.3 Å². The molecule has 6 nitrogen and oxygen atoms in total. The Bertz CT molecular complexity index is 584. The zero-order valence-corrected chi connectivity index (χ0v) is 12.5. The number of hydrogen-bond acceptors (Lipinski definition) is 6. The van der Waals surface area contributed by atoms with Gasteiger partial charge in [0, 0.05) is 4.88 Å². The topological polar surface area (TPSA) is 72.9 Å². The number of nitrogens with zero attached hydrogens (tertiary/aromatic N) is 1. The Morgan fingerprint density at radius 3 is 2.55 bits per heavy atom. The van der Waals surface area contributed by atoms with Gasteiger partial charge in [0.2, 0.25) is 5.91 Å². The minimum atomic E-state index is -0.726. The van der Waals surface area contributed by atoms with E-state index in [1.807, 2.05) is 0 Å². The maximum atomic E-state index is 12.1. The zero-order valence-electron chi connectivity index (χ0n) is 11.7. The molecule has 0 radical (unpaired) electrons. The predicted molar refractivity (Wildman–Crippen MR) is 73.1 cm³/mol. The molecule has 0 aliphatic carbocycles. The van der Waals surface area contributed by atoms with Crippen LogP contribution >= 0.6 is 11.3 Å². The first kappa shape index (κ1) is 14.5. The highest BCUT2D eigenvalue weighted by molar-refractivity contribution is 7.14. The van der Waals surface area contributed by atoms with Crippen LogP contribution in [-0.4, -0.2) is 30.7 Å². The fourth-order valence-electron chi connectivity index (χ4n) is 1.79. The number of hydrogen-bond donors (Lipinski definition) is 0. The summed E-state index contributed by atoms with van der Waals surface area (Å²) in [5.74, 6) is -0.835. The van der Waals surface area contributed by atoms with Crippen LogP contribution in [-0.2, 0) is 20.7 Å². The van der Waals surface area contributed by atoms with Gasteiger partial charge in [0.15, 0.2) is 0 Å². The van der Waals surface area contributed by atoms with Crippen LogP contribution < -0.4 is 4.90 Å². The Balaban J connectivity index is 2.29. The normalized spacial score (nSPS) is 14.2. The summed E-state index contributed by atoms with van der Waals surface area (Å²) in [6.07, 6.45) is -0.633. The average molecular weight is 297 g/mol. The molecule has 0 N–H and O–H groups in total. The van der Waals surface area contributed by atoms with Gasteiger partial charge < -0.3 is 9.47 Å². The third kappa shape index (κ3) is 2.67. The SMILES string of the molecule is COC(=O)c1cc2c(s1)CC(=O)N2C(=O)OC(C)(C)C. The van der Waals surface area contributed by atoms with Gasteiger partial charge in [-0.2, -0.15) is 0 Å². The molecule has 2 rings (SSSR count). The molecule has 20 heavy (non-hydrogen) atoms. The lowest BCUT2D eigenvalue weighted by Crippen LogP contribution is -2.38. The van der Waals surface area contributed by atoms with Crippen LogP contribution in [0.5, 0.6) is 0 Å². The first-order valence-corrected chi connectivity index (χ1v) is 6.81. The molecule has 0 fully saturated rings. The lowest BCUT2D eigenvalue weighted by atomic mass is 10.2.